The number of aromatic nitrogens is 2. The van der Waals surface area contributed by atoms with Gasteiger partial charge >= 0.3 is 17.8 Å². The summed E-state index contributed by atoms with van der Waals surface area (Å²) >= 11 is 0. The van der Waals surface area contributed by atoms with Crippen molar-refractivity contribution in [3.8, 4) is 5.69 Å². The molecule has 12 nitrogen and oxygen atoms in total. The molecule has 2 aromatic rings. The summed E-state index contributed by atoms with van der Waals surface area (Å²) in [5, 5.41) is 13.6. The standard InChI is InChI=1S/C21H23FN6O6/c1-21(2,25-20(33)34)17(30)26-7-9-27(10-8-26)18(31)23-16-5-6-28(19(32)24-16)14-4-3-13(12-29)15(22)11-14/h3-6,11-12,25H,7-10H2,1-2H3,(H,33,34)(H,23,24,31,32). The van der Waals surface area contributed by atoms with Gasteiger partial charge in [0.25, 0.3) is 0 Å². The molecule has 1 aromatic heterocycles. The quantitative estimate of drug-likeness (QED) is 0.544. The summed E-state index contributed by atoms with van der Waals surface area (Å²) in [5.74, 6) is -1.20. The monoisotopic (exact) mass is 474 g/mol. The van der Waals surface area contributed by atoms with Crippen LogP contribution in [-0.4, -0.2) is 80.5 Å². The third-order valence-electron chi connectivity index (χ3n) is 5.24. The van der Waals surface area contributed by atoms with Crippen molar-refractivity contribution in [2.24, 2.45) is 0 Å². The first-order chi connectivity index (χ1) is 16.0. The van der Waals surface area contributed by atoms with Gasteiger partial charge in [0, 0.05) is 32.4 Å². The molecular weight excluding hydrogens is 451 g/mol. The number of carboxylic acid groups (broad SMARTS) is 1. The summed E-state index contributed by atoms with van der Waals surface area (Å²) in [6, 6.07) is 4.50. The number of rotatable bonds is 5. The number of hydrogen-bond acceptors (Lipinski definition) is 6. The predicted octanol–water partition coefficient (Wildman–Crippen LogP) is 0.906. The number of carbonyl (C=O) groups is 4. The second kappa shape index (κ2) is 9.68. The van der Waals surface area contributed by atoms with Crippen LogP contribution < -0.4 is 16.3 Å². The molecule has 2 heterocycles. The van der Waals surface area contributed by atoms with E-state index < -0.39 is 35.1 Å². The highest BCUT2D eigenvalue weighted by Crippen LogP contribution is 2.14. The third-order valence-corrected chi connectivity index (χ3v) is 5.24. The van der Waals surface area contributed by atoms with Gasteiger partial charge in [-0.25, -0.2) is 18.8 Å². The van der Waals surface area contributed by atoms with Gasteiger partial charge in [-0.05, 0) is 38.1 Å². The van der Waals surface area contributed by atoms with Gasteiger partial charge in [-0.2, -0.15) is 4.98 Å². The van der Waals surface area contributed by atoms with E-state index in [-0.39, 0.29) is 43.2 Å². The molecule has 1 aliphatic heterocycles. The molecule has 4 amide bonds. The zero-order chi connectivity index (χ0) is 25.0. The minimum absolute atomic E-state index is 0.0125. The number of nitrogens with zero attached hydrogens (tertiary/aromatic N) is 4. The van der Waals surface area contributed by atoms with Gasteiger partial charge in [-0.1, -0.05) is 0 Å². The largest absolute Gasteiger partial charge is 0.465 e. The maximum absolute atomic E-state index is 13.8. The number of anilines is 1. The Labute approximate surface area is 193 Å². The number of halogens is 1. The van der Waals surface area contributed by atoms with Crippen molar-refractivity contribution in [2.45, 2.75) is 19.4 Å². The fourth-order valence-electron chi connectivity index (χ4n) is 3.45. The van der Waals surface area contributed by atoms with Crippen LogP contribution in [0, 0.1) is 5.82 Å². The molecule has 3 rings (SSSR count). The Morgan fingerprint density at radius 2 is 1.76 bits per heavy atom. The molecule has 0 spiro atoms. The summed E-state index contributed by atoms with van der Waals surface area (Å²) < 4.78 is 14.9. The van der Waals surface area contributed by atoms with Crippen LogP contribution in [0.15, 0.2) is 35.3 Å². The molecule has 1 saturated heterocycles. The Morgan fingerprint density at radius 1 is 1.12 bits per heavy atom. The number of nitrogens with one attached hydrogen (secondary N) is 2. The molecule has 0 unspecified atom stereocenters. The molecule has 1 aliphatic rings. The number of aldehydes is 1. The summed E-state index contributed by atoms with van der Waals surface area (Å²) in [6.45, 7) is 3.71. The average Bonchev–Trinajstić information content (AvgIpc) is 2.78. The lowest BCUT2D eigenvalue weighted by atomic mass is 10.0. The van der Waals surface area contributed by atoms with Gasteiger partial charge in [0.2, 0.25) is 5.91 Å². The SMILES string of the molecule is CC(C)(NC(=O)O)C(=O)N1CCN(C(=O)Nc2ccn(-c3ccc(C=O)c(F)c3)c(=O)n2)CC1. The van der Waals surface area contributed by atoms with Crippen molar-refractivity contribution in [1.82, 2.24) is 24.7 Å². The lowest BCUT2D eigenvalue weighted by Crippen LogP contribution is -2.60. The van der Waals surface area contributed by atoms with Crippen molar-refractivity contribution >= 4 is 30.1 Å². The highest BCUT2D eigenvalue weighted by molar-refractivity contribution is 5.90. The highest BCUT2D eigenvalue weighted by atomic mass is 19.1. The Balaban J connectivity index is 1.61. The lowest BCUT2D eigenvalue weighted by molar-refractivity contribution is -0.138. The number of benzene rings is 1. The molecule has 0 radical (unpaired) electrons. The topological polar surface area (TPSA) is 154 Å². The van der Waals surface area contributed by atoms with Crippen LogP contribution in [0.4, 0.5) is 19.8 Å². The first-order valence-corrected chi connectivity index (χ1v) is 10.2. The average molecular weight is 474 g/mol. The summed E-state index contributed by atoms with van der Waals surface area (Å²) in [7, 11) is 0. The van der Waals surface area contributed by atoms with Crippen molar-refractivity contribution in [2.75, 3.05) is 31.5 Å². The molecule has 3 N–H and O–H groups in total. The zero-order valence-electron chi connectivity index (χ0n) is 18.4. The minimum Gasteiger partial charge on any atom is -0.465 e. The first-order valence-electron chi connectivity index (χ1n) is 10.2. The van der Waals surface area contributed by atoms with E-state index in [1.54, 1.807) is 0 Å². The predicted molar refractivity (Wildman–Crippen MR) is 118 cm³/mol. The number of carbonyl (C=O) groups excluding carboxylic acids is 3. The van der Waals surface area contributed by atoms with E-state index in [1.165, 1.54) is 48.0 Å². The second-order valence-corrected chi connectivity index (χ2v) is 8.05. The van der Waals surface area contributed by atoms with E-state index in [9.17, 15) is 28.4 Å². The molecule has 0 bridgehead atoms. The van der Waals surface area contributed by atoms with Gasteiger partial charge < -0.3 is 20.2 Å². The minimum atomic E-state index is -1.31. The Bertz CT molecular complexity index is 1190. The van der Waals surface area contributed by atoms with E-state index in [1.807, 2.05) is 0 Å². The van der Waals surface area contributed by atoms with Crippen LogP contribution in [0.2, 0.25) is 0 Å². The Hall–Kier alpha value is -4.29. The highest BCUT2D eigenvalue weighted by Gasteiger charge is 2.35. The zero-order valence-corrected chi connectivity index (χ0v) is 18.4. The number of piperazine rings is 1. The van der Waals surface area contributed by atoms with Gasteiger partial charge in [-0.3, -0.25) is 19.5 Å². The molecule has 1 aromatic carbocycles. The lowest BCUT2D eigenvalue weighted by Gasteiger charge is -2.38. The van der Waals surface area contributed by atoms with Gasteiger partial charge in [0.15, 0.2) is 6.29 Å². The smallest absolute Gasteiger partial charge is 0.405 e. The second-order valence-electron chi connectivity index (χ2n) is 8.05. The summed E-state index contributed by atoms with van der Waals surface area (Å²) in [6.07, 6.45) is 0.366. The molecule has 0 aliphatic carbocycles. The van der Waals surface area contributed by atoms with E-state index in [0.717, 1.165) is 10.6 Å². The van der Waals surface area contributed by atoms with Crippen LogP contribution >= 0.6 is 0 Å². The number of hydrogen-bond donors (Lipinski definition) is 3. The van der Waals surface area contributed by atoms with Gasteiger partial charge in [-0.15, -0.1) is 0 Å². The van der Waals surface area contributed by atoms with E-state index in [4.69, 9.17) is 5.11 Å². The van der Waals surface area contributed by atoms with Crippen LogP contribution in [0.1, 0.15) is 24.2 Å². The number of amides is 4. The van der Waals surface area contributed by atoms with Crippen molar-refractivity contribution in [3.63, 3.8) is 0 Å². The first kappa shape index (κ1) is 24.4. The summed E-state index contributed by atoms with van der Waals surface area (Å²) in [4.78, 5) is 65.8. The van der Waals surface area contributed by atoms with Crippen LogP contribution in [0.25, 0.3) is 5.69 Å². The third kappa shape index (κ3) is 5.36. The van der Waals surface area contributed by atoms with Gasteiger partial charge in [0.1, 0.15) is 17.2 Å². The molecule has 13 heteroatoms. The van der Waals surface area contributed by atoms with E-state index in [2.05, 4.69) is 15.6 Å². The van der Waals surface area contributed by atoms with Crippen LogP contribution in [0.3, 0.4) is 0 Å². The van der Waals surface area contributed by atoms with Gasteiger partial charge in [0.05, 0.1) is 11.3 Å². The molecule has 34 heavy (non-hydrogen) atoms. The molecule has 0 saturated carbocycles. The summed E-state index contributed by atoms with van der Waals surface area (Å²) in [5.41, 5.74) is -2.04. The fourth-order valence-corrected chi connectivity index (χ4v) is 3.45. The van der Waals surface area contributed by atoms with Crippen molar-refractivity contribution < 1.29 is 28.7 Å². The molecule has 180 valence electrons. The molecule has 1 fully saturated rings. The normalized spacial score (nSPS) is 13.9. The van der Waals surface area contributed by atoms with Crippen LogP contribution in [0.5, 0.6) is 0 Å². The van der Waals surface area contributed by atoms with Crippen molar-refractivity contribution in [1.29, 1.82) is 0 Å². The Morgan fingerprint density at radius 3 is 2.32 bits per heavy atom. The Kier molecular flexibility index (Phi) is 6.94. The molecular formula is C21H23FN6O6. The maximum Gasteiger partial charge on any atom is 0.405 e. The van der Waals surface area contributed by atoms with E-state index in [0.29, 0.717) is 6.29 Å². The van der Waals surface area contributed by atoms with Crippen LogP contribution in [-0.2, 0) is 4.79 Å². The molecule has 0 atom stereocenters. The number of urea groups is 1. The van der Waals surface area contributed by atoms with Crippen molar-refractivity contribution in [3.05, 3.63) is 52.3 Å². The van der Waals surface area contributed by atoms with E-state index >= 15 is 0 Å². The maximum atomic E-state index is 13.8. The fraction of sp³-hybridized carbons (Fsp3) is 0.333.